The van der Waals surface area contributed by atoms with E-state index in [4.69, 9.17) is 0 Å². The van der Waals surface area contributed by atoms with Crippen molar-refractivity contribution in [2.75, 3.05) is 13.1 Å². The van der Waals surface area contributed by atoms with Gasteiger partial charge in [0.2, 0.25) is 0 Å². The Morgan fingerprint density at radius 3 is 2.47 bits per heavy atom. The molecule has 0 saturated heterocycles. The molecule has 0 fully saturated rings. The highest BCUT2D eigenvalue weighted by atomic mass is 15.0. The first-order valence-electron chi connectivity index (χ1n) is 7.08. The van der Waals surface area contributed by atoms with Crippen LogP contribution >= 0.6 is 0 Å². The molecule has 0 heterocycles. The summed E-state index contributed by atoms with van der Waals surface area (Å²) < 4.78 is 0. The van der Waals surface area contributed by atoms with Crippen LogP contribution in [0.25, 0.3) is 10.8 Å². The van der Waals surface area contributed by atoms with Crippen LogP contribution in [0.5, 0.6) is 0 Å². The van der Waals surface area contributed by atoms with E-state index in [0.717, 1.165) is 19.6 Å². The van der Waals surface area contributed by atoms with Gasteiger partial charge in [-0.05, 0) is 29.3 Å². The first kappa shape index (κ1) is 14.0. The smallest absolute Gasteiger partial charge is 0.0206 e. The van der Waals surface area contributed by atoms with Gasteiger partial charge in [-0.3, -0.25) is 0 Å². The summed E-state index contributed by atoms with van der Waals surface area (Å²) in [5, 5.41) is 9.52. The van der Waals surface area contributed by atoms with Gasteiger partial charge in [-0.15, -0.1) is 0 Å². The van der Waals surface area contributed by atoms with Crippen LogP contribution in [0.2, 0.25) is 0 Å². The van der Waals surface area contributed by atoms with Gasteiger partial charge >= 0.3 is 0 Å². The van der Waals surface area contributed by atoms with Gasteiger partial charge in [0.15, 0.2) is 0 Å². The number of hydrogen-bond acceptors (Lipinski definition) is 2. The maximum Gasteiger partial charge on any atom is 0.0206 e. The Bertz CT molecular complexity index is 532. The molecule has 0 spiro atoms. The lowest BCUT2D eigenvalue weighted by atomic mass is 10.0. The molecule has 102 valence electrons. The fourth-order valence-corrected chi connectivity index (χ4v) is 2.21. The Kier molecular flexibility index (Phi) is 4.94. The first-order valence-corrected chi connectivity index (χ1v) is 7.08. The summed E-state index contributed by atoms with van der Waals surface area (Å²) in [5.74, 6) is 0. The molecule has 0 unspecified atom stereocenters. The standard InChI is InChI=1S/C17H24N2/c1-13(2)19-9-8-18-12-15-5-7-16-10-14(3)4-6-17(16)11-15/h4-7,10-11,13,18-19H,8-9,12H2,1-3H3. The number of benzene rings is 2. The van der Waals surface area contributed by atoms with Crippen molar-refractivity contribution < 1.29 is 0 Å². The Labute approximate surface area is 116 Å². The van der Waals surface area contributed by atoms with Crippen LogP contribution in [-0.2, 0) is 6.54 Å². The van der Waals surface area contributed by atoms with Crippen molar-refractivity contribution in [2.24, 2.45) is 0 Å². The molecular formula is C17H24N2. The zero-order chi connectivity index (χ0) is 13.7. The summed E-state index contributed by atoms with van der Waals surface area (Å²) in [7, 11) is 0. The molecule has 0 saturated carbocycles. The molecule has 2 aromatic rings. The van der Waals surface area contributed by atoms with Crippen LogP contribution in [0, 0.1) is 6.92 Å². The van der Waals surface area contributed by atoms with Gasteiger partial charge in [-0.1, -0.05) is 49.7 Å². The van der Waals surface area contributed by atoms with Crippen molar-refractivity contribution in [1.82, 2.24) is 10.6 Å². The summed E-state index contributed by atoms with van der Waals surface area (Å²) in [6.45, 7) is 9.44. The van der Waals surface area contributed by atoms with Crippen LogP contribution in [0.4, 0.5) is 0 Å². The molecule has 0 aliphatic rings. The van der Waals surface area contributed by atoms with Gasteiger partial charge in [-0.25, -0.2) is 0 Å². The molecule has 0 bridgehead atoms. The van der Waals surface area contributed by atoms with E-state index in [1.54, 1.807) is 0 Å². The summed E-state index contributed by atoms with van der Waals surface area (Å²) in [5.41, 5.74) is 2.67. The third kappa shape index (κ3) is 4.34. The zero-order valence-corrected chi connectivity index (χ0v) is 12.2. The molecule has 0 aromatic heterocycles. The number of fused-ring (bicyclic) bond motifs is 1. The van der Waals surface area contributed by atoms with Gasteiger partial charge < -0.3 is 10.6 Å². The molecule has 2 rings (SSSR count). The summed E-state index contributed by atoms with van der Waals surface area (Å²) in [4.78, 5) is 0. The van der Waals surface area contributed by atoms with Crippen LogP contribution < -0.4 is 10.6 Å². The third-order valence-electron chi connectivity index (χ3n) is 3.24. The summed E-state index contributed by atoms with van der Waals surface area (Å²) in [6, 6.07) is 13.9. The summed E-state index contributed by atoms with van der Waals surface area (Å²) in [6.07, 6.45) is 0. The average molecular weight is 256 g/mol. The fourth-order valence-electron chi connectivity index (χ4n) is 2.21. The van der Waals surface area contributed by atoms with E-state index >= 15 is 0 Å². The van der Waals surface area contributed by atoms with E-state index in [0.29, 0.717) is 6.04 Å². The summed E-state index contributed by atoms with van der Waals surface area (Å²) >= 11 is 0. The maximum absolute atomic E-state index is 3.47. The van der Waals surface area contributed by atoms with Crippen molar-refractivity contribution in [1.29, 1.82) is 0 Å². The second-order valence-corrected chi connectivity index (χ2v) is 5.47. The average Bonchev–Trinajstić information content (AvgIpc) is 2.38. The molecule has 0 aliphatic heterocycles. The largest absolute Gasteiger partial charge is 0.313 e. The van der Waals surface area contributed by atoms with E-state index in [9.17, 15) is 0 Å². The number of hydrogen-bond donors (Lipinski definition) is 2. The lowest BCUT2D eigenvalue weighted by Gasteiger charge is -2.09. The molecule has 0 aliphatic carbocycles. The Hall–Kier alpha value is -1.38. The second kappa shape index (κ2) is 6.69. The van der Waals surface area contributed by atoms with E-state index in [1.807, 2.05) is 0 Å². The minimum atomic E-state index is 0.561. The number of nitrogens with one attached hydrogen (secondary N) is 2. The minimum Gasteiger partial charge on any atom is -0.313 e. The lowest BCUT2D eigenvalue weighted by Crippen LogP contribution is -2.31. The normalized spacial score (nSPS) is 11.4. The fraction of sp³-hybridized carbons (Fsp3) is 0.412. The van der Waals surface area contributed by atoms with E-state index in [1.165, 1.54) is 21.9 Å². The molecule has 0 atom stereocenters. The Balaban J connectivity index is 1.89. The Morgan fingerprint density at radius 2 is 1.68 bits per heavy atom. The molecule has 0 amide bonds. The van der Waals surface area contributed by atoms with Gasteiger partial charge in [0.1, 0.15) is 0 Å². The second-order valence-electron chi connectivity index (χ2n) is 5.47. The molecule has 2 aromatic carbocycles. The number of rotatable bonds is 6. The highest BCUT2D eigenvalue weighted by Crippen LogP contribution is 2.17. The van der Waals surface area contributed by atoms with E-state index in [-0.39, 0.29) is 0 Å². The Morgan fingerprint density at radius 1 is 0.947 bits per heavy atom. The van der Waals surface area contributed by atoms with Gasteiger partial charge in [0, 0.05) is 25.7 Å². The highest BCUT2D eigenvalue weighted by Gasteiger charge is 1.97. The van der Waals surface area contributed by atoms with Crippen LogP contribution in [0.1, 0.15) is 25.0 Å². The lowest BCUT2D eigenvalue weighted by molar-refractivity contribution is 0.556. The highest BCUT2D eigenvalue weighted by molar-refractivity contribution is 5.83. The predicted molar refractivity (Wildman–Crippen MR) is 83.5 cm³/mol. The van der Waals surface area contributed by atoms with Gasteiger partial charge in [0.05, 0.1) is 0 Å². The monoisotopic (exact) mass is 256 g/mol. The topological polar surface area (TPSA) is 24.1 Å². The van der Waals surface area contributed by atoms with Crippen molar-refractivity contribution in [3.63, 3.8) is 0 Å². The van der Waals surface area contributed by atoms with Crippen molar-refractivity contribution in [2.45, 2.75) is 33.4 Å². The van der Waals surface area contributed by atoms with Crippen molar-refractivity contribution >= 4 is 10.8 Å². The molecule has 2 heteroatoms. The molecule has 2 N–H and O–H groups in total. The SMILES string of the molecule is Cc1ccc2cc(CNCCNC(C)C)ccc2c1. The zero-order valence-electron chi connectivity index (χ0n) is 12.2. The maximum atomic E-state index is 3.47. The molecule has 2 nitrogen and oxygen atoms in total. The van der Waals surface area contributed by atoms with E-state index < -0.39 is 0 Å². The number of aryl methyl sites for hydroxylation is 1. The third-order valence-corrected chi connectivity index (χ3v) is 3.24. The first-order chi connectivity index (χ1) is 9.15. The minimum absolute atomic E-state index is 0.561. The van der Waals surface area contributed by atoms with Gasteiger partial charge in [0.25, 0.3) is 0 Å². The predicted octanol–water partition coefficient (Wildman–Crippen LogP) is 3.24. The quantitative estimate of drug-likeness (QED) is 0.775. The molecular weight excluding hydrogens is 232 g/mol. The van der Waals surface area contributed by atoms with Crippen molar-refractivity contribution in [3.8, 4) is 0 Å². The van der Waals surface area contributed by atoms with Crippen LogP contribution in [0.15, 0.2) is 36.4 Å². The molecule has 19 heavy (non-hydrogen) atoms. The molecule has 0 radical (unpaired) electrons. The van der Waals surface area contributed by atoms with Crippen LogP contribution in [-0.4, -0.2) is 19.1 Å². The van der Waals surface area contributed by atoms with E-state index in [2.05, 4.69) is 67.8 Å². The van der Waals surface area contributed by atoms with Crippen LogP contribution in [0.3, 0.4) is 0 Å². The van der Waals surface area contributed by atoms with Crippen molar-refractivity contribution in [3.05, 3.63) is 47.5 Å². The van der Waals surface area contributed by atoms with Gasteiger partial charge in [-0.2, -0.15) is 0 Å².